The van der Waals surface area contributed by atoms with Crippen molar-refractivity contribution in [3.8, 4) is 0 Å². The van der Waals surface area contributed by atoms with Crippen molar-refractivity contribution >= 4 is 6.20 Å². The minimum atomic E-state index is 1.12. The molecule has 10 heavy (non-hydrogen) atoms. The molecule has 2 heteroatoms. The van der Waals surface area contributed by atoms with Crippen molar-refractivity contribution in [2.24, 2.45) is 0 Å². The quantitative estimate of drug-likeness (QED) is 0.564. The van der Waals surface area contributed by atoms with E-state index < -0.39 is 0 Å². The van der Waals surface area contributed by atoms with Crippen LogP contribution in [0.2, 0.25) is 0 Å². The van der Waals surface area contributed by atoms with E-state index in [1.807, 2.05) is 25.3 Å². The number of aromatic nitrogens is 2. The molecular weight excluding hydrogens is 124 g/mol. The van der Waals surface area contributed by atoms with Gasteiger partial charge in [-0.25, -0.2) is 4.68 Å². The van der Waals surface area contributed by atoms with Crippen LogP contribution in [-0.4, -0.2) is 9.78 Å². The lowest BCUT2D eigenvalue weighted by molar-refractivity contribution is 0.897. The SMILES string of the molecule is C=C/C=C/n1nccc1C. The third-order valence-electron chi connectivity index (χ3n) is 1.23. The molecule has 0 fully saturated rings. The van der Waals surface area contributed by atoms with Crippen LogP contribution >= 0.6 is 0 Å². The monoisotopic (exact) mass is 134 g/mol. The van der Waals surface area contributed by atoms with Crippen molar-refractivity contribution in [2.45, 2.75) is 6.92 Å². The Morgan fingerprint density at radius 3 is 3.00 bits per heavy atom. The first kappa shape index (κ1) is 6.81. The molecule has 0 N–H and O–H groups in total. The highest BCUT2D eigenvalue weighted by Gasteiger charge is 1.87. The van der Waals surface area contributed by atoms with Gasteiger partial charge in [-0.2, -0.15) is 5.10 Å². The molecule has 52 valence electrons. The number of rotatable bonds is 2. The van der Waals surface area contributed by atoms with Crippen LogP contribution in [0.3, 0.4) is 0 Å². The van der Waals surface area contributed by atoms with Crippen molar-refractivity contribution in [1.29, 1.82) is 0 Å². The molecule has 0 radical (unpaired) electrons. The molecule has 0 aliphatic carbocycles. The predicted molar refractivity (Wildman–Crippen MR) is 42.5 cm³/mol. The fourth-order valence-corrected chi connectivity index (χ4v) is 0.679. The maximum absolute atomic E-state index is 4.04. The smallest absolute Gasteiger partial charge is 0.0496 e. The summed E-state index contributed by atoms with van der Waals surface area (Å²) in [7, 11) is 0. The average Bonchev–Trinajstić information content (AvgIpc) is 2.31. The van der Waals surface area contributed by atoms with Gasteiger partial charge < -0.3 is 0 Å². The predicted octanol–water partition coefficient (Wildman–Crippen LogP) is 1.85. The third-order valence-corrected chi connectivity index (χ3v) is 1.23. The molecule has 1 aromatic heterocycles. The number of hydrogen-bond donors (Lipinski definition) is 0. The molecule has 2 nitrogen and oxygen atoms in total. The Bertz CT molecular complexity index is 246. The maximum Gasteiger partial charge on any atom is 0.0496 e. The molecule has 0 saturated carbocycles. The standard InChI is InChI=1S/C8H10N2/c1-3-4-7-10-8(2)5-6-9-10/h3-7H,1H2,2H3/b7-4+. The van der Waals surface area contributed by atoms with Gasteiger partial charge >= 0.3 is 0 Å². The number of nitrogens with zero attached hydrogens (tertiary/aromatic N) is 2. The average molecular weight is 134 g/mol. The number of aryl methyl sites for hydroxylation is 1. The van der Waals surface area contributed by atoms with Gasteiger partial charge in [0.2, 0.25) is 0 Å². The van der Waals surface area contributed by atoms with E-state index >= 15 is 0 Å². The minimum absolute atomic E-state index is 1.12. The molecule has 1 heterocycles. The van der Waals surface area contributed by atoms with Gasteiger partial charge in [0.1, 0.15) is 0 Å². The normalized spacial score (nSPS) is 10.5. The van der Waals surface area contributed by atoms with Crippen LogP contribution in [0, 0.1) is 6.92 Å². The summed E-state index contributed by atoms with van der Waals surface area (Å²) in [5, 5.41) is 4.04. The summed E-state index contributed by atoms with van der Waals surface area (Å²) < 4.78 is 1.79. The maximum atomic E-state index is 4.04. The van der Waals surface area contributed by atoms with E-state index in [1.54, 1.807) is 17.0 Å². The lowest BCUT2D eigenvalue weighted by Crippen LogP contribution is -1.89. The third kappa shape index (κ3) is 1.35. The molecule has 0 unspecified atom stereocenters. The molecule has 1 rings (SSSR count). The highest BCUT2D eigenvalue weighted by molar-refractivity contribution is 5.27. The topological polar surface area (TPSA) is 17.8 Å². The van der Waals surface area contributed by atoms with E-state index in [4.69, 9.17) is 0 Å². The van der Waals surface area contributed by atoms with Crippen molar-refractivity contribution in [3.05, 3.63) is 36.7 Å². The van der Waals surface area contributed by atoms with E-state index in [1.165, 1.54) is 0 Å². The molecule has 0 aromatic carbocycles. The zero-order valence-electron chi connectivity index (χ0n) is 5.99. The van der Waals surface area contributed by atoms with E-state index in [9.17, 15) is 0 Å². The fourth-order valence-electron chi connectivity index (χ4n) is 0.679. The number of hydrogen-bond acceptors (Lipinski definition) is 1. The molecule has 0 saturated heterocycles. The van der Waals surface area contributed by atoms with Gasteiger partial charge in [-0.05, 0) is 19.1 Å². The Kier molecular flexibility index (Phi) is 2.05. The van der Waals surface area contributed by atoms with Crippen LogP contribution in [0.4, 0.5) is 0 Å². The van der Waals surface area contributed by atoms with Gasteiger partial charge in [-0.3, -0.25) is 0 Å². The molecular formula is C8H10N2. The largest absolute Gasteiger partial charge is 0.245 e. The first-order valence-corrected chi connectivity index (χ1v) is 3.14. The van der Waals surface area contributed by atoms with Crippen LogP contribution in [0.1, 0.15) is 5.69 Å². The summed E-state index contributed by atoms with van der Waals surface area (Å²) in [4.78, 5) is 0. The molecule has 0 aliphatic rings. The summed E-state index contributed by atoms with van der Waals surface area (Å²) in [5.41, 5.74) is 1.12. The van der Waals surface area contributed by atoms with E-state index in [0.29, 0.717) is 0 Å². The second-order valence-electron chi connectivity index (χ2n) is 1.99. The zero-order valence-corrected chi connectivity index (χ0v) is 5.99. The van der Waals surface area contributed by atoms with E-state index in [0.717, 1.165) is 5.69 Å². The first-order chi connectivity index (χ1) is 4.84. The highest BCUT2D eigenvalue weighted by atomic mass is 15.3. The molecule has 0 amide bonds. The minimum Gasteiger partial charge on any atom is -0.245 e. The summed E-state index contributed by atoms with van der Waals surface area (Å²) >= 11 is 0. The molecule has 0 bridgehead atoms. The van der Waals surface area contributed by atoms with Crippen molar-refractivity contribution < 1.29 is 0 Å². The van der Waals surface area contributed by atoms with Crippen LogP contribution in [0.5, 0.6) is 0 Å². The summed E-state index contributed by atoms with van der Waals surface area (Å²) in [6.45, 7) is 5.56. The van der Waals surface area contributed by atoms with Crippen LogP contribution < -0.4 is 0 Å². The fraction of sp³-hybridized carbons (Fsp3) is 0.125. The Morgan fingerprint density at radius 1 is 1.70 bits per heavy atom. The first-order valence-electron chi connectivity index (χ1n) is 3.14. The summed E-state index contributed by atoms with van der Waals surface area (Å²) in [6.07, 6.45) is 7.20. The van der Waals surface area contributed by atoms with Gasteiger partial charge in [0.25, 0.3) is 0 Å². The molecule has 0 atom stereocenters. The molecule has 1 aromatic rings. The van der Waals surface area contributed by atoms with Gasteiger partial charge in [0.05, 0.1) is 0 Å². The summed E-state index contributed by atoms with van der Waals surface area (Å²) in [6, 6.07) is 1.95. The van der Waals surface area contributed by atoms with Crippen LogP contribution in [0.25, 0.3) is 6.20 Å². The molecule has 0 aliphatic heterocycles. The van der Waals surface area contributed by atoms with E-state index in [-0.39, 0.29) is 0 Å². The van der Waals surface area contributed by atoms with Gasteiger partial charge in [0, 0.05) is 18.1 Å². The van der Waals surface area contributed by atoms with Gasteiger partial charge in [0.15, 0.2) is 0 Å². The Labute approximate surface area is 60.5 Å². The lowest BCUT2D eigenvalue weighted by Gasteiger charge is -1.91. The Balaban J connectivity index is 2.83. The lowest BCUT2D eigenvalue weighted by atomic mass is 10.5. The second kappa shape index (κ2) is 3.01. The highest BCUT2D eigenvalue weighted by Crippen LogP contribution is 1.95. The zero-order chi connectivity index (χ0) is 7.40. The van der Waals surface area contributed by atoms with Crippen LogP contribution in [0.15, 0.2) is 31.0 Å². The van der Waals surface area contributed by atoms with Crippen LogP contribution in [-0.2, 0) is 0 Å². The Hall–Kier alpha value is -1.31. The summed E-state index contributed by atoms with van der Waals surface area (Å²) in [5.74, 6) is 0. The second-order valence-corrected chi connectivity index (χ2v) is 1.99. The van der Waals surface area contributed by atoms with E-state index in [2.05, 4.69) is 11.7 Å². The Morgan fingerprint density at radius 2 is 2.50 bits per heavy atom. The molecule has 0 spiro atoms. The van der Waals surface area contributed by atoms with Gasteiger partial charge in [-0.15, -0.1) is 0 Å². The number of allylic oxidation sites excluding steroid dienone is 2. The van der Waals surface area contributed by atoms with Crippen molar-refractivity contribution in [1.82, 2.24) is 9.78 Å². The van der Waals surface area contributed by atoms with Crippen molar-refractivity contribution in [2.75, 3.05) is 0 Å². The van der Waals surface area contributed by atoms with Crippen molar-refractivity contribution in [3.63, 3.8) is 0 Å². The van der Waals surface area contributed by atoms with Gasteiger partial charge in [-0.1, -0.05) is 12.7 Å².